The fraction of sp³-hybridized carbons (Fsp3) is 0.125. The molecule has 0 fully saturated rings. The Kier molecular flexibility index (Phi) is 4.55. The molecule has 1 N–H and O–H groups in total. The van der Waals surface area contributed by atoms with Crippen LogP contribution < -0.4 is 4.72 Å². The molecule has 8 heteroatoms. The molecule has 0 bridgehead atoms. The quantitative estimate of drug-likeness (QED) is 0.756. The van der Waals surface area contributed by atoms with Gasteiger partial charge in [-0.15, -0.1) is 0 Å². The summed E-state index contributed by atoms with van der Waals surface area (Å²) in [4.78, 5) is 4.05. The first-order chi connectivity index (χ1) is 11.5. The molecule has 0 aliphatic heterocycles. The number of rotatable bonds is 5. The van der Waals surface area contributed by atoms with E-state index in [0.717, 1.165) is 5.56 Å². The van der Waals surface area contributed by atoms with Crippen molar-refractivity contribution >= 4 is 27.3 Å². The highest BCUT2D eigenvalue weighted by atomic mass is 35.5. The number of nitrogens with one attached hydrogen (secondary N) is 1. The number of halogens is 1. The van der Waals surface area contributed by atoms with Gasteiger partial charge >= 0.3 is 0 Å². The van der Waals surface area contributed by atoms with Gasteiger partial charge in [0.25, 0.3) is 10.0 Å². The Bertz CT molecular complexity index is 939. The third-order valence-electron chi connectivity index (χ3n) is 3.52. The number of hydrogen-bond donors (Lipinski definition) is 1. The molecule has 2 aromatic carbocycles. The lowest BCUT2D eigenvalue weighted by Gasteiger charge is -2.11. The molecular weight excluding hydrogens is 348 g/mol. The summed E-state index contributed by atoms with van der Waals surface area (Å²) in [5, 5.41) is 4.45. The van der Waals surface area contributed by atoms with Gasteiger partial charge in [-0.05, 0) is 42.3 Å². The maximum absolute atomic E-state index is 12.5. The first-order valence-corrected chi connectivity index (χ1v) is 9.01. The van der Waals surface area contributed by atoms with Crippen molar-refractivity contribution in [2.24, 2.45) is 0 Å². The van der Waals surface area contributed by atoms with E-state index in [-0.39, 0.29) is 4.90 Å². The second-order valence-corrected chi connectivity index (χ2v) is 7.32. The molecule has 3 rings (SSSR count). The van der Waals surface area contributed by atoms with E-state index in [4.69, 9.17) is 11.6 Å². The van der Waals surface area contributed by atoms with E-state index in [1.807, 2.05) is 12.1 Å². The number of anilines is 1. The molecule has 0 radical (unpaired) electrons. The van der Waals surface area contributed by atoms with Crippen molar-refractivity contribution < 1.29 is 8.42 Å². The molecule has 0 atom stereocenters. The molecule has 1 heterocycles. The molecule has 0 aliphatic rings. The smallest absolute Gasteiger partial charge is 0.262 e. The number of nitrogens with zero attached hydrogens (tertiary/aromatic N) is 3. The average Bonchev–Trinajstić information content (AvgIpc) is 3.04. The van der Waals surface area contributed by atoms with Crippen LogP contribution in [0.5, 0.6) is 0 Å². The topological polar surface area (TPSA) is 76.9 Å². The zero-order valence-electron chi connectivity index (χ0n) is 12.8. The van der Waals surface area contributed by atoms with E-state index >= 15 is 0 Å². The van der Waals surface area contributed by atoms with Crippen molar-refractivity contribution in [1.29, 1.82) is 0 Å². The molecule has 24 heavy (non-hydrogen) atoms. The molecule has 3 aromatic rings. The van der Waals surface area contributed by atoms with Crippen molar-refractivity contribution in [2.75, 3.05) is 4.72 Å². The highest BCUT2D eigenvalue weighted by molar-refractivity contribution is 7.92. The Morgan fingerprint density at radius 2 is 1.92 bits per heavy atom. The third kappa shape index (κ3) is 3.58. The molecule has 1 aromatic heterocycles. The van der Waals surface area contributed by atoms with E-state index in [0.29, 0.717) is 22.8 Å². The van der Waals surface area contributed by atoms with Crippen molar-refractivity contribution in [3.63, 3.8) is 0 Å². The normalized spacial score (nSPS) is 11.4. The zero-order valence-corrected chi connectivity index (χ0v) is 14.4. The van der Waals surface area contributed by atoms with Crippen LogP contribution in [0.25, 0.3) is 0 Å². The van der Waals surface area contributed by atoms with Gasteiger partial charge in [0, 0.05) is 10.7 Å². The summed E-state index contributed by atoms with van der Waals surface area (Å²) in [5.41, 5.74) is 1.99. The van der Waals surface area contributed by atoms with Crippen LogP contribution in [0.2, 0.25) is 5.02 Å². The van der Waals surface area contributed by atoms with Crippen LogP contribution in [0, 0.1) is 6.92 Å². The van der Waals surface area contributed by atoms with Crippen molar-refractivity contribution in [1.82, 2.24) is 14.8 Å². The van der Waals surface area contributed by atoms with Gasteiger partial charge in [-0.2, -0.15) is 5.10 Å². The summed E-state index contributed by atoms with van der Waals surface area (Å²) in [6, 6.07) is 11.9. The second kappa shape index (κ2) is 6.62. The molecule has 0 aliphatic carbocycles. The van der Waals surface area contributed by atoms with Crippen LogP contribution in [0.1, 0.15) is 11.1 Å². The standard InChI is InChI=1S/C16H15ClN4O2S/c1-12-15(17)3-2-4-16(12)24(22,23)20-14-7-5-13(6-8-14)9-21-11-18-10-19-21/h2-8,10-11,20H,9H2,1H3. The molecular formula is C16H15ClN4O2S. The zero-order chi connectivity index (χ0) is 17.2. The van der Waals surface area contributed by atoms with Crippen LogP contribution >= 0.6 is 11.6 Å². The molecule has 0 unspecified atom stereocenters. The van der Waals surface area contributed by atoms with Crippen LogP contribution in [0.4, 0.5) is 5.69 Å². The monoisotopic (exact) mass is 362 g/mol. The first-order valence-electron chi connectivity index (χ1n) is 7.15. The van der Waals surface area contributed by atoms with Gasteiger partial charge in [-0.3, -0.25) is 4.72 Å². The van der Waals surface area contributed by atoms with Crippen LogP contribution in [0.3, 0.4) is 0 Å². The van der Waals surface area contributed by atoms with Gasteiger partial charge in [0.1, 0.15) is 12.7 Å². The molecule has 124 valence electrons. The van der Waals surface area contributed by atoms with Gasteiger partial charge in [0.05, 0.1) is 11.4 Å². The van der Waals surface area contributed by atoms with Gasteiger partial charge in [0.15, 0.2) is 0 Å². The summed E-state index contributed by atoms with van der Waals surface area (Å²) >= 11 is 6.01. The highest BCUT2D eigenvalue weighted by Crippen LogP contribution is 2.24. The number of sulfonamides is 1. The van der Waals surface area contributed by atoms with E-state index < -0.39 is 10.0 Å². The summed E-state index contributed by atoms with van der Waals surface area (Å²) in [6.07, 6.45) is 3.09. The summed E-state index contributed by atoms with van der Waals surface area (Å²) in [6.45, 7) is 2.25. The lowest BCUT2D eigenvalue weighted by atomic mass is 10.2. The summed E-state index contributed by atoms with van der Waals surface area (Å²) < 4.78 is 29.3. The van der Waals surface area contributed by atoms with Gasteiger partial charge < -0.3 is 0 Å². The first kappa shape index (κ1) is 16.5. The lowest BCUT2D eigenvalue weighted by molar-refractivity contribution is 0.600. The Balaban J connectivity index is 1.79. The van der Waals surface area contributed by atoms with Gasteiger partial charge in [-0.25, -0.2) is 18.1 Å². The minimum Gasteiger partial charge on any atom is -0.280 e. The Morgan fingerprint density at radius 3 is 2.58 bits per heavy atom. The third-order valence-corrected chi connectivity index (χ3v) is 5.46. The second-order valence-electron chi connectivity index (χ2n) is 5.26. The SMILES string of the molecule is Cc1c(Cl)cccc1S(=O)(=O)Nc1ccc(Cn2cncn2)cc1. The average molecular weight is 363 g/mol. The van der Waals surface area contributed by atoms with Gasteiger partial charge in [-0.1, -0.05) is 29.8 Å². The molecule has 6 nitrogen and oxygen atoms in total. The van der Waals surface area contributed by atoms with Gasteiger partial charge in [0.2, 0.25) is 0 Å². The van der Waals surface area contributed by atoms with Crippen LogP contribution in [0.15, 0.2) is 60.0 Å². The Morgan fingerprint density at radius 1 is 1.17 bits per heavy atom. The van der Waals surface area contributed by atoms with E-state index in [1.165, 1.54) is 12.4 Å². The van der Waals surface area contributed by atoms with Crippen LogP contribution in [-0.2, 0) is 16.6 Å². The Labute approximate surface area is 145 Å². The summed E-state index contributed by atoms with van der Waals surface area (Å²) in [7, 11) is -3.69. The van der Waals surface area contributed by atoms with E-state index in [9.17, 15) is 8.42 Å². The molecule has 0 spiro atoms. The molecule has 0 saturated heterocycles. The van der Waals surface area contributed by atoms with Crippen LogP contribution in [-0.4, -0.2) is 23.2 Å². The van der Waals surface area contributed by atoms with E-state index in [1.54, 1.807) is 42.2 Å². The van der Waals surface area contributed by atoms with Crippen molar-refractivity contribution in [3.05, 3.63) is 71.3 Å². The molecule has 0 saturated carbocycles. The minimum atomic E-state index is -3.69. The maximum Gasteiger partial charge on any atom is 0.262 e. The number of hydrogen-bond acceptors (Lipinski definition) is 4. The van der Waals surface area contributed by atoms with Crippen molar-refractivity contribution in [3.8, 4) is 0 Å². The maximum atomic E-state index is 12.5. The predicted octanol–water partition coefficient (Wildman–Crippen LogP) is 3.09. The van der Waals surface area contributed by atoms with Crippen molar-refractivity contribution in [2.45, 2.75) is 18.4 Å². The largest absolute Gasteiger partial charge is 0.280 e. The Hall–Kier alpha value is -2.38. The van der Waals surface area contributed by atoms with E-state index in [2.05, 4.69) is 14.8 Å². The molecule has 0 amide bonds. The predicted molar refractivity (Wildman–Crippen MR) is 92.6 cm³/mol. The fourth-order valence-electron chi connectivity index (χ4n) is 2.27. The number of aromatic nitrogens is 3. The lowest BCUT2D eigenvalue weighted by Crippen LogP contribution is -2.14. The highest BCUT2D eigenvalue weighted by Gasteiger charge is 2.18. The fourth-order valence-corrected chi connectivity index (χ4v) is 3.83. The minimum absolute atomic E-state index is 0.168. The summed E-state index contributed by atoms with van der Waals surface area (Å²) in [5.74, 6) is 0. The number of benzene rings is 2.